The summed E-state index contributed by atoms with van der Waals surface area (Å²) >= 11 is 5.07. The van der Waals surface area contributed by atoms with Gasteiger partial charge in [0.25, 0.3) is 0 Å². The van der Waals surface area contributed by atoms with E-state index in [2.05, 4.69) is 18.7 Å². The van der Waals surface area contributed by atoms with Crippen LogP contribution in [0.25, 0.3) is 0 Å². The van der Waals surface area contributed by atoms with Crippen LogP contribution in [0.4, 0.5) is 0 Å². The first kappa shape index (κ1) is 17.3. The molecule has 1 aliphatic rings. The fourth-order valence-corrected chi connectivity index (χ4v) is 0.340. The molecule has 0 spiro atoms. The van der Waals surface area contributed by atoms with Gasteiger partial charge in [-0.3, -0.25) is 6.08 Å². The molecule has 60 valence electrons. The largest absolute Gasteiger partial charge is 2.00 e. The monoisotopic (exact) mass is 204 g/mol. The summed E-state index contributed by atoms with van der Waals surface area (Å²) in [5.74, 6) is 0.556. The molecule has 0 saturated heterocycles. The topological polar surface area (TPSA) is 0 Å². The maximum atomic E-state index is 5.07. The summed E-state index contributed by atoms with van der Waals surface area (Å²) in [6, 6.07) is 0. The number of alkyl halides is 1. The smallest absolute Gasteiger partial charge is 0.358 e. The molecule has 0 amide bonds. The second-order valence-corrected chi connectivity index (χ2v) is 1.75. The minimum Gasteiger partial charge on any atom is -0.358 e. The minimum absolute atomic E-state index is 0. The van der Waals surface area contributed by atoms with E-state index in [0.717, 1.165) is 6.42 Å². The molecule has 0 aliphatic heterocycles. The number of halogens is 1. The van der Waals surface area contributed by atoms with Crippen molar-refractivity contribution in [3.63, 3.8) is 0 Å². The molecule has 0 N–H and O–H groups in total. The van der Waals surface area contributed by atoms with E-state index in [1.165, 1.54) is 0 Å². The summed E-state index contributed by atoms with van der Waals surface area (Å²) < 4.78 is 0. The first-order chi connectivity index (χ1) is 4.41. The van der Waals surface area contributed by atoms with Crippen molar-refractivity contribution in [1.29, 1.82) is 0 Å². The fourth-order valence-electron chi connectivity index (χ4n) is 0.340. The van der Waals surface area contributed by atoms with Gasteiger partial charge in [-0.2, -0.15) is 6.08 Å². The third-order valence-electron chi connectivity index (χ3n) is 0.695. The van der Waals surface area contributed by atoms with Crippen LogP contribution in [0, 0.1) is 13.5 Å². The molecule has 0 unspecified atom stereocenters. The standard InChI is InChI=1S/C5H5.C3H5Cl.CH3.Ti/c1-2-4-5-3-1;1-2-3-4;;/h1-3H,4H2;2H,1,3H2;1H3;/q-1;;-1;+2. The number of rotatable bonds is 1. The molecule has 0 aromatic heterocycles. The first-order valence-corrected chi connectivity index (χ1v) is 3.34. The molecule has 0 heterocycles. The van der Waals surface area contributed by atoms with Crippen molar-refractivity contribution in [2.24, 2.45) is 0 Å². The fraction of sp³-hybridized carbons (Fsp3) is 0.222. The molecule has 0 bridgehead atoms. The molecular formula is C9H13ClTi. The van der Waals surface area contributed by atoms with Crippen molar-refractivity contribution in [3.8, 4) is 0 Å². The summed E-state index contributed by atoms with van der Waals surface area (Å²) in [6.45, 7) is 3.35. The summed E-state index contributed by atoms with van der Waals surface area (Å²) in [5, 5.41) is 0. The Kier molecular flexibility index (Phi) is 26.3. The van der Waals surface area contributed by atoms with Crippen LogP contribution in [0.15, 0.2) is 30.9 Å². The van der Waals surface area contributed by atoms with Crippen molar-refractivity contribution < 1.29 is 21.7 Å². The molecule has 0 radical (unpaired) electrons. The maximum Gasteiger partial charge on any atom is 2.00 e. The van der Waals surface area contributed by atoms with Crippen LogP contribution in [0.5, 0.6) is 0 Å². The van der Waals surface area contributed by atoms with Gasteiger partial charge in [-0.1, -0.05) is 6.08 Å². The van der Waals surface area contributed by atoms with Crippen molar-refractivity contribution in [1.82, 2.24) is 0 Å². The average molecular weight is 205 g/mol. The quantitative estimate of drug-likeness (QED) is 0.266. The summed E-state index contributed by atoms with van der Waals surface area (Å²) in [4.78, 5) is 0. The second-order valence-electron chi connectivity index (χ2n) is 1.45. The normalized spacial score (nSPS) is 10.3. The zero-order chi connectivity index (χ0) is 6.95. The van der Waals surface area contributed by atoms with E-state index in [-0.39, 0.29) is 29.1 Å². The Morgan fingerprint density at radius 2 is 2.18 bits per heavy atom. The maximum absolute atomic E-state index is 5.07. The zero-order valence-electron chi connectivity index (χ0n) is 6.81. The van der Waals surface area contributed by atoms with Crippen LogP contribution in [0.2, 0.25) is 0 Å². The molecule has 0 nitrogen and oxygen atoms in total. The number of allylic oxidation sites excluding steroid dienone is 5. The Balaban J connectivity index is -0.000000101. The molecule has 0 aromatic rings. The van der Waals surface area contributed by atoms with Gasteiger partial charge in [-0.25, -0.2) is 12.2 Å². The molecular weight excluding hydrogens is 191 g/mol. The third-order valence-corrected chi connectivity index (χ3v) is 0.913. The van der Waals surface area contributed by atoms with Gasteiger partial charge in [-0.15, -0.1) is 24.6 Å². The summed E-state index contributed by atoms with van der Waals surface area (Å²) in [7, 11) is 0. The summed E-state index contributed by atoms with van der Waals surface area (Å²) in [6.07, 6.45) is 11.6. The van der Waals surface area contributed by atoms with Crippen LogP contribution >= 0.6 is 11.6 Å². The summed E-state index contributed by atoms with van der Waals surface area (Å²) in [5.41, 5.74) is 0. The van der Waals surface area contributed by atoms with Gasteiger partial charge >= 0.3 is 21.7 Å². The van der Waals surface area contributed by atoms with Crippen LogP contribution in [-0.2, 0) is 21.7 Å². The predicted octanol–water partition coefficient (Wildman–Crippen LogP) is 3.16. The number of hydrogen-bond donors (Lipinski definition) is 0. The molecule has 0 atom stereocenters. The van der Waals surface area contributed by atoms with Crippen molar-refractivity contribution in [3.05, 3.63) is 44.4 Å². The molecule has 0 aromatic carbocycles. The van der Waals surface area contributed by atoms with E-state index < -0.39 is 0 Å². The first-order valence-electron chi connectivity index (χ1n) is 2.80. The van der Waals surface area contributed by atoms with Crippen LogP contribution in [0.1, 0.15) is 6.42 Å². The molecule has 1 aliphatic carbocycles. The minimum atomic E-state index is 0. The van der Waals surface area contributed by atoms with Crippen LogP contribution < -0.4 is 0 Å². The van der Waals surface area contributed by atoms with E-state index in [0.29, 0.717) is 5.88 Å². The van der Waals surface area contributed by atoms with E-state index in [1.807, 2.05) is 12.2 Å². The Bertz CT molecular complexity index is 107. The van der Waals surface area contributed by atoms with E-state index in [4.69, 9.17) is 11.6 Å². The number of hydrogen-bond acceptors (Lipinski definition) is 0. The van der Waals surface area contributed by atoms with Crippen molar-refractivity contribution in [2.75, 3.05) is 5.88 Å². The van der Waals surface area contributed by atoms with Gasteiger partial charge in [0.2, 0.25) is 0 Å². The predicted molar refractivity (Wildman–Crippen MR) is 48.9 cm³/mol. The van der Waals surface area contributed by atoms with Gasteiger partial charge in [-0.05, 0) is 0 Å². The van der Waals surface area contributed by atoms with Gasteiger partial charge in [0.15, 0.2) is 0 Å². The molecule has 1 rings (SSSR count). The van der Waals surface area contributed by atoms with Crippen LogP contribution in [0.3, 0.4) is 0 Å². The van der Waals surface area contributed by atoms with Gasteiger partial charge in [0, 0.05) is 5.88 Å². The SMILES string of the molecule is C=CCCl.[C-]1=CC=CC1.[CH3-].[Ti+2]. The molecule has 2 heteroatoms. The van der Waals surface area contributed by atoms with Gasteiger partial charge < -0.3 is 7.43 Å². The Morgan fingerprint density at radius 1 is 1.64 bits per heavy atom. The van der Waals surface area contributed by atoms with Gasteiger partial charge in [0.05, 0.1) is 0 Å². The zero-order valence-corrected chi connectivity index (χ0v) is 9.13. The molecule has 0 saturated carbocycles. The Labute approximate surface area is 89.9 Å². The van der Waals surface area contributed by atoms with Crippen LogP contribution in [-0.4, -0.2) is 5.88 Å². The average Bonchev–Trinajstić information content (AvgIpc) is 2.43. The molecule has 11 heavy (non-hydrogen) atoms. The molecule has 0 fully saturated rings. The van der Waals surface area contributed by atoms with Crippen molar-refractivity contribution in [2.45, 2.75) is 6.42 Å². The van der Waals surface area contributed by atoms with E-state index in [1.54, 1.807) is 6.08 Å². The van der Waals surface area contributed by atoms with Crippen molar-refractivity contribution >= 4 is 11.6 Å². The van der Waals surface area contributed by atoms with E-state index >= 15 is 0 Å². The third kappa shape index (κ3) is 17.9. The Morgan fingerprint density at radius 3 is 2.27 bits per heavy atom. The van der Waals surface area contributed by atoms with Gasteiger partial charge in [0.1, 0.15) is 0 Å². The van der Waals surface area contributed by atoms with E-state index in [9.17, 15) is 0 Å². The second kappa shape index (κ2) is 16.7. The Hall–Kier alpha value is 0.224.